The lowest BCUT2D eigenvalue weighted by molar-refractivity contribution is 0.670. The van der Waals surface area contributed by atoms with Crippen LogP contribution in [0.4, 0.5) is 34.1 Å². The monoisotopic (exact) mass is 1050 g/mol. The van der Waals surface area contributed by atoms with Crippen molar-refractivity contribution in [3.63, 3.8) is 0 Å². The van der Waals surface area contributed by atoms with Crippen LogP contribution in [-0.2, 0) is 0 Å². The van der Waals surface area contributed by atoms with Crippen LogP contribution in [0, 0.1) is 20.8 Å². The second kappa shape index (κ2) is 19.0. The third-order valence-corrected chi connectivity index (χ3v) is 18.6. The summed E-state index contributed by atoms with van der Waals surface area (Å²) in [7, 11) is 0. The molecule has 14 aromatic rings. The highest BCUT2D eigenvalue weighted by atomic mass is 16.3. The first kappa shape index (κ1) is 47.8. The number of anilines is 6. The molecular formula is C77H62N2O2. The van der Waals surface area contributed by atoms with Crippen LogP contribution < -0.4 is 9.80 Å². The van der Waals surface area contributed by atoms with Crippen molar-refractivity contribution in [2.75, 3.05) is 9.80 Å². The van der Waals surface area contributed by atoms with E-state index in [1.165, 1.54) is 128 Å². The molecule has 0 radical (unpaired) electrons. The van der Waals surface area contributed by atoms with Gasteiger partial charge in [0.05, 0.1) is 22.7 Å². The number of hydrogen-bond donors (Lipinski definition) is 0. The molecule has 392 valence electrons. The largest absolute Gasteiger partial charge is 0.453 e. The van der Waals surface area contributed by atoms with Gasteiger partial charge in [-0.25, -0.2) is 0 Å². The van der Waals surface area contributed by atoms with Crippen molar-refractivity contribution in [3.8, 4) is 22.3 Å². The van der Waals surface area contributed by atoms with Crippen molar-refractivity contribution in [1.82, 2.24) is 0 Å². The zero-order valence-electron chi connectivity index (χ0n) is 46.2. The summed E-state index contributed by atoms with van der Waals surface area (Å²) in [6, 6.07) is 79.4. The zero-order chi connectivity index (χ0) is 53.9. The summed E-state index contributed by atoms with van der Waals surface area (Å²) in [6.45, 7) is 6.57. The van der Waals surface area contributed by atoms with E-state index in [9.17, 15) is 0 Å². The summed E-state index contributed by atoms with van der Waals surface area (Å²) in [5, 5.41) is 12.4. The molecule has 0 unspecified atom stereocenters. The first-order valence-corrected chi connectivity index (χ1v) is 29.5. The lowest BCUT2D eigenvalue weighted by atomic mass is 9.82. The van der Waals surface area contributed by atoms with Crippen molar-refractivity contribution in [2.45, 2.75) is 84.0 Å². The van der Waals surface area contributed by atoms with Gasteiger partial charge in [-0.05, 0) is 156 Å². The SMILES string of the molecule is Cc1ccc(N(c2cc(C3CCCC3)c3ccc4c(N(c5ccc(C)cc5)c5cccc6c5oc5c(-c7ccccc7C)cccc56)cc(C5CCCC5)c5ccc2c3c54)c2cccc3c2oc2c(-c4ccccc4)cccc23)cc1. The molecule has 12 aromatic carbocycles. The van der Waals surface area contributed by atoms with Gasteiger partial charge in [0, 0.05) is 54.8 Å². The van der Waals surface area contributed by atoms with Gasteiger partial charge in [0.25, 0.3) is 0 Å². The van der Waals surface area contributed by atoms with Crippen LogP contribution in [-0.4, -0.2) is 0 Å². The van der Waals surface area contributed by atoms with Gasteiger partial charge in [-0.2, -0.15) is 0 Å². The van der Waals surface area contributed by atoms with Crippen LogP contribution in [0.15, 0.2) is 221 Å². The van der Waals surface area contributed by atoms with Gasteiger partial charge in [0.2, 0.25) is 0 Å². The minimum absolute atomic E-state index is 0.441. The Labute approximate surface area is 472 Å². The van der Waals surface area contributed by atoms with E-state index in [1.54, 1.807) is 0 Å². The standard InChI is InChI=1S/C77H62N2O2/c1-47-33-37-53(38-34-47)78(68-31-15-29-62-60-27-13-25-56(74(60)80-76(62)68)50-18-5-4-6-19-50)70-45-66(51-20-8-9-21-51)57-42-44-65-71(46-67(52-22-10-11-23-52)58-41-43-64(70)72(57)73(58)65)79(54-39-35-48(2)36-40-54)69-32-16-30-63-61-28-14-26-59(75(61)81-77(63)69)55-24-12-7-17-49(55)3/h4-7,12-19,24-46,51-52H,8-11,20-23H2,1-3H3. The van der Waals surface area contributed by atoms with E-state index in [-0.39, 0.29) is 0 Å². The third kappa shape index (κ3) is 7.63. The van der Waals surface area contributed by atoms with Gasteiger partial charge in [0.15, 0.2) is 11.2 Å². The smallest absolute Gasteiger partial charge is 0.159 e. The number of fused-ring (bicyclic) bond motifs is 6. The van der Waals surface area contributed by atoms with Crippen molar-refractivity contribution in [1.29, 1.82) is 0 Å². The molecule has 0 amide bonds. The number of nitrogens with zero attached hydrogens (tertiary/aromatic N) is 2. The van der Waals surface area contributed by atoms with E-state index in [2.05, 4.69) is 243 Å². The first-order valence-electron chi connectivity index (χ1n) is 29.5. The fourth-order valence-electron chi connectivity index (χ4n) is 14.6. The molecule has 4 nitrogen and oxygen atoms in total. The Morgan fingerprint density at radius 1 is 0.321 bits per heavy atom. The average molecular weight is 1050 g/mol. The summed E-state index contributed by atoms with van der Waals surface area (Å²) in [6.07, 6.45) is 9.70. The number of hydrogen-bond acceptors (Lipinski definition) is 4. The number of rotatable bonds is 10. The quantitative estimate of drug-likeness (QED) is 0.128. The normalized spacial score (nSPS) is 14.4. The second-order valence-corrected chi connectivity index (χ2v) is 23.4. The topological polar surface area (TPSA) is 32.8 Å². The molecule has 2 aliphatic rings. The van der Waals surface area contributed by atoms with Crippen molar-refractivity contribution >= 4 is 110 Å². The summed E-state index contributed by atoms with van der Waals surface area (Å²) < 4.78 is 14.7. The van der Waals surface area contributed by atoms with Gasteiger partial charge in [0.1, 0.15) is 11.2 Å². The van der Waals surface area contributed by atoms with E-state index < -0.39 is 0 Å². The maximum Gasteiger partial charge on any atom is 0.159 e. The van der Waals surface area contributed by atoms with Crippen LogP contribution >= 0.6 is 0 Å². The molecular weight excluding hydrogens is 985 g/mol. The molecule has 16 rings (SSSR count). The molecule has 4 heteroatoms. The predicted octanol–water partition coefficient (Wildman–Crippen LogP) is 22.9. The molecule has 2 aromatic heterocycles. The van der Waals surface area contributed by atoms with E-state index in [0.717, 1.165) is 83.3 Å². The van der Waals surface area contributed by atoms with E-state index in [0.29, 0.717) is 11.8 Å². The Balaban J connectivity index is 1.00. The second-order valence-electron chi connectivity index (χ2n) is 23.4. The highest BCUT2D eigenvalue weighted by Crippen LogP contribution is 2.55. The minimum atomic E-state index is 0.441. The summed E-state index contributed by atoms with van der Waals surface area (Å²) in [5.41, 5.74) is 21.3. The van der Waals surface area contributed by atoms with Gasteiger partial charge < -0.3 is 18.6 Å². The van der Waals surface area contributed by atoms with E-state index >= 15 is 0 Å². The molecule has 0 bridgehead atoms. The van der Waals surface area contributed by atoms with Gasteiger partial charge in [-0.15, -0.1) is 0 Å². The molecule has 0 saturated heterocycles. The third-order valence-electron chi connectivity index (χ3n) is 18.6. The number of para-hydroxylation sites is 4. The highest BCUT2D eigenvalue weighted by Gasteiger charge is 2.32. The van der Waals surface area contributed by atoms with Gasteiger partial charge >= 0.3 is 0 Å². The highest BCUT2D eigenvalue weighted by molar-refractivity contribution is 6.30. The Morgan fingerprint density at radius 3 is 1.22 bits per heavy atom. The minimum Gasteiger partial charge on any atom is -0.453 e. The van der Waals surface area contributed by atoms with Crippen molar-refractivity contribution in [3.05, 3.63) is 240 Å². The Bertz CT molecular complexity index is 4740. The lowest BCUT2D eigenvalue weighted by Gasteiger charge is -2.32. The molecule has 0 atom stereocenters. The molecule has 2 heterocycles. The molecule has 2 saturated carbocycles. The van der Waals surface area contributed by atoms with Crippen LogP contribution in [0.25, 0.3) is 98.4 Å². The number of benzene rings is 12. The molecule has 0 N–H and O–H groups in total. The number of furan rings is 2. The maximum absolute atomic E-state index is 7.36. The molecule has 2 aliphatic carbocycles. The lowest BCUT2D eigenvalue weighted by Crippen LogP contribution is -2.13. The van der Waals surface area contributed by atoms with Crippen LogP contribution in [0.1, 0.15) is 91.0 Å². The van der Waals surface area contributed by atoms with Crippen LogP contribution in [0.3, 0.4) is 0 Å². The fourth-order valence-corrected chi connectivity index (χ4v) is 14.6. The van der Waals surface area contributed by atoms with Crippen LogP contribution in [0.2, 0.25) is 0 Å². The summed E-state index contributed by atoms with van der Waals surface area (Å²) in [4.78, 5) is 5.06. The summed E-state index contributed by atoms with van der Waals surface area (Å²) in [5.74, 6) is 0.882. The number of aryl methyl sites for hydroxylation is 3. The van der Waals surface area contributed by atoms with E-state index in [4.69, 9.17) is 8.83 Å². The molecule has 81 heavy (non-hydrogen) atoms. The van der Waals surface area contributed by atoms with E-state index in [1.807, 2.05) is 0 Å². The first-order chi connectivity index (χ1) is 39.9. The zero-order valence-corrected chi connectivity index (χ0v) is 46.2. The Hall–Kier alpha value is -9.12. The molecule has 0 aliphatic heterocycles. The van der Waals surface area contributed by atoms with Crippen molar-refractivity contribution < 1.29 is 8.83 Å². The Morgan fingerprint density at radius 2 is 0.728 bits per heavy atom. The predicted molar refractivity (Wildman–Crippen MR) is 342 cm³/mol. The molecule has 2 fully saturated rings. The van der Waals surface area contributed by atoms with Gasteiger partial charge in [-0.1, -0.05) is 201 Å². The fraction of sp³-hybridized carbons (Fsp3) is 0.169. The van der Waals surface area contributed by atoms with Crippen molar-refractivity contribution in [2.24, 2.45) is 0 Å². The van der Waals surface area contributed by atoms with Crippen LogP contribution in [0.5, 0.6) is 0 Å². The maximum atomic E-state index is 7.36. The Kier molecular flexibility index (Phi) is 11.2. The summed E-state index contributed by atoms with van der Waals surface area (Å²) >= 11 is 0. The van der Waals surface area contributed by atoms with Gasteiger partial charge in [-0.3, -0.25) is 0 Å². The average Bonchev–Trinajstić information content (AvgIpc) is 4.54. The molecule has 0 spiro atoms.